The summed E-state index contributed by atoms with van der Waals surface area (Å²) >= 11 is 0. The van der Waals surface area contributed by atoms with Crippen LogP contribution in [0.5, 0.6) is 5.75 Å². The molecule has 0 radical (unpaired) electrons. The second kappa shape index (κ2) is 3.77. The van der Waals surface area contributed by atoms with Gasteiger partial charge in [0.2, 0.25) is 0 Å². The Labute approximate surface area is 77.3 Å². The predicted molar refractivity (Wildman–Crippen MR) is 49.6 cm³/mol. The molecule has 3 heteroatoms. The molecule has 0 aromatic heterocycles. The first-order valence-electron chi connectivity index (χ1n) is 4.48. The van der Waals surface area contributed by atoms with E-state index >= 15 is 0 Å². The van der Waals surface area contributed by atoms with Crippen LogP contribution in [-0.4, -0.2) is 24.5 Å². The van der Waals surface area contributed by atoms with Gasteiger partial charge in [-0.3, -0.25) is 5.32 Å². The summed E-state index contributed by atoms with van der Waals surface area (Å²) in [5.41, 5.74) is 0.932. The molecule has 1 aromatic rings. The zero-order chi connectivity index (χ0) is 9.10. The summed E-state index contributed by atoms with van der Waals surface area (Å²) in [5.74, 6) is 0.347. The Morgan fingerprint density at radius 3 is 3.00 bits per heavy atom. The summed E-state index contributed by atoms with van der Waals surface area (Å²) in [6, 6.07) is 7.36. The van der Waals surface area contributed by atoms with E-state index in [0.717, 1.165) is 25.1 Å². The Morgan fingerprint density at radius 1 is 1.46 bits per heavy atom. The SMILES string of the molecule is Oc1ccccc1CC1NCCO1. The molecule has 2 N–H and O–H groups in total. The average molecular weight is 179 g/mol. The van der Waals surface area contributed by atoms with Gasteiger partial charge in [0.25, 0.3) is 0 Å². The van der Waals surface area contributed by atoms with Crippen LogP contribution in [-0.2, 0) is 11.2 Å². The fraction of sp³-hybridized carbons (Fsp3) is 0.400. The monoisotopic (exact) mass is 179 g/mol. The van der Waals surface area contributed by atoms with E-state index in [1.54, 1.807) is 6.07 Å². The molecule has 0 saturated carbocycles. The predicted octanol–water partition coefficient (Wildman–Crippen LogP) is 0.881. The lowest BCUT2D eigenvalue weighted by atomic mass is 10.1. The molecule has 1 aliphatic heterocycles. The number of para-hydroxylation sites is 1. The number of phenols is 1. The summed E-state index contributed by atoms with van der Waals surface area (Å²) < 4.78 is 5.39. The van der Waals surface area contributed by atoms with Gasteiger partial charge < -0.3 is 9.84 Å². The zero-order valence-corrected chi connectivity index (χ0v) is 7.36. The minimum atomic E-state index is 0.0632. The maximum atomic E-state index is 9.49. The molecule has 70 valence electrons. The van der Waals surface area contributed by atoms with Crippen molar-refractivity contribution < 1.29 is 9.84 Å². The normalized spacial score (nSPS) is 22.0. The summed E-state index contributed by atoms with van der Waals surface area (Å²) in [7, 11) is 0. The van der Waals surface area contributed by atoms with Crippen LogP contribution in [0.2, 0.25) is 0 Å². The number of aromatic hydroxyl groups is 1. The lowest BCUT2D eigenvalue weighted by Crippen LogP contribution is -2.24. The Morgan fingerprint density at radius 2 is 2.31 bits per heavy atom. The van der Waals surface area contributed by atoms with Crippen molar-refractivity contribution in [2.45, 2.75) is 12.6 Å². The molecule has 0 amide bonds. The van der Waals surface area contributed by atoms with Crippen LogP contribution in [0.4, 0.5) is 0 Å². The van der Waals surface area contributed by atoms with Gasteiger partial charge in [-0.1, -0.05) is 18.2 Å². The van der Waals surface area contributed by atoms with E-state index in [1.807, 2.05) is 18.2 Å². The lowest BCUT2D eigenvalue weighted by Gasteiger charge is -2.10. The smallest absolute Gasteiger partial charge is 0.118 e. The number of hydrogen-bond acceptors (Lipinski definition) is 3. The first kappa shape index (κ1) is 8.53. The summed E-state index contributed by atoms with van der Waals surface area (Å²) in [6.07, 6.45) is 0.792. The average Bonchev–Trinajstić information content (AvgIpc) is 2.61. The van der Waals surface area contributed by atoms with Gasteiger partial charge in [0.15, 0.2) is 0 Å². The van der Waals surface area contributed by atoms with Gasteiger partial charge in [0.05, 0.1) is 6.61 Å². The maximum Gasteiger partial charge on any atom is 0.118 e. The highest BCUT2D eigenvalue weighted by Crippen LogP contribution is 2.18. The van der Waals surface area contributed by atoms with E-state index in [0.29, 0.717) is 5.75 Å². The van der Waals surface area contributed by atoms with E-state index in [1.165, 1.54) is 0 Å². The van der Waals surface area contributed by atoms with Crippen LogP contribution in [0.25, 0.3) is 0 Å². The van der Waals surface area contributed by atoms with Crippen molar-refractivity contribution in [3.8, 4) is 5.75 Å². The fourth-order valence-electron chi connectivity index (χ4n) is 1.49. The molecule has 1 aliphatic rings. The van der Waals surface area contributed by atoms with Gasteiger partial charge in [-0.2, -0.15) is 0 Å². The molecule has 1 unspecified atom stereocenters. The van der Waals surface area contributed by atoms with Crippen molar-refractivity contribution in [1.82, 2.24) is 5.32 Å². The highest BCUT2D eigenvalue weighted by atomic mass is 16.5. The minimum Gasteiger partial charge on any atom is -0.508 e. The van der Waals surface area contributed by atoms with E-state index in [4.69, 9.17) is 4.74 Å². The molecule has 1 saturated heterocycles. The molecule has 1 atom stereocenters. The van der Waals surface area contributed by atoms with Gasteiger partial charge in [-0.15, -0.1) is 0 Å². The third-order valence-electron chi connectivity index (χ3n) is 2.19. The van der Waals surface area contributed by atoms with Crippen molar-refractivity contribution in [2.24, 2.45) is 0 Å². The Balaban J connectivity index is 2.04. The number of hydrogen-bond donors (Lipinski definition) is 2. The molecule has 0 spiro atoms. The molecule has 0 aliphatic carbocycles. The summed E-state index contributed by atoms with van der Waals surface area (Å²) in [5, 5.41) is 12.7. The second-order valence-corrected chi connectivity index (χ2v) is 3.15. The van der Waals surface area contributed by atoms with Crippen LogP contribution in [0.3, 0.4) is 0 Å². The third-order valence-corrected chi connectivity index (χ3v) is 2.19. The first-order valence-corrected chi connectivity index (χ1v) is 4.48. The number of rotatable bonds is 2. The van der Waals surface area contributed by atoms with Crippen molar-refractivity contribution in [1.29, 1.82) is 0 Å². The molecule has 2 rings (SSSR count). The van der Waals surface area contributed by atoms with E-state index in [-0.39, 0.29) is 6.23 Å². The van der Waals surface area contributed by atoms with Gasteiger partial charge >= 0.3 is 0 Å². The Kier molecular flexibility index (Phi) is 2.47. The van der Waals surface area contributed by atoms with Gasteiger partial charge in [-0.25, -0.2) is 0 Å². The second-order valence-electron chi connectivity index (χ2n) is 3.15. The number of phenolic OH excluding ortho intramolecular Hbond substituents is 1. The quantitative estimate of drug-likeness (QED) is 0.708. The zero-order valence-electron chi connectivity index (χ0n) is 7.36. The molecule has 3 nitrogen and oxygen atoms in total. The molecule has 1 fully saturated rings. The van der Waals surface area contributed by atoms with Crippen molar-refractivity contribution in [3.63, 3.8) is 0 Å². The fourth-order valence-corrected chi connectivity index (χ4v) is 1.49. The van der Waals surface area contributed by atoms with Crippen molar-refractivity contribution in [2.75, 3.05) is 13.2 Å². The number of nitrogens with one attached hydrogen (secondary N) is 1. The molecule has 1 heterocycles. The largest absolute Gasteiger partial charge is 0.508 e. The highest BCUT2D eigenvalue weighted by molar-refractivity contribution is 5.32. The van der Waals surface area contributed by atoms with E-state index in [2.05, 4.69) is 5.32 Å². The van der Waals surface area contributed by atoms with Crippen LogP contribution in [0.1, 0.15) is 5.56 Å². The Bertz CT molecular complexity index is 282. The minimum absolute atomic E-state index is 0.0632. The third kappa shape index (κ3) is 1.99. The van der Waals surface area contributed by atoms with Crippen LogP contribution in [0, 0.1) is 0 Å². The van der Waals surface area contributed by atoms with E-state index in [9.17, 15) is 5.11 Å². The number of ether oxygens (including phenoxy) is 1. The summed E-state index contributed by atoms with van der Waals surface area (Å²) in [6.45, 7) is 1.66. The van der Waals surface area contributed by atoms with E-state index < -0.39 is 0 Å². The summed E-state index contributed by atoms with van der Waals surface area (Å²) in [4.78, 5) is 0. The molecular weight excluding hydrogens is 166 g/mol. The maximum absolute atomic E-state index is 9.49. The molecular formula is C10H13NO2. The first-order chi connectivity index (χ1) is 6.36. The van der Waals surface area contributed by atoms with Crippen LogP contribution >= 0.6 is 0 Å². The Hall–Kier alpha value is -1.06. The van der Waals surface area contributed by atoms with Gasteiger partial charge in [0.1, 0.15) is 12.0 Å². The molecule has 1 aromatic carbocycles. The lowest BCUT2D eigenvalue weighted by molar-refractivity contribution is 0.101. The van der Waals surface area contributed by atoms with Gasteiger partial charge in [0, 0.05) is 13.0 Å². The standard InChI is InChI=1S/C10H13NO2/c12-9-4-2-1-3-8(9)7-10-11-5-6-13-10/h1-4,10-12H,5-7H2. The highest BCUT2D eigenvalue weighted by Gasteiger charge is 2.15. The van der Waals surface area contributed by atoms with Gasteiger partial charge in [-0.05, 0) is 11.6 Å². The van der Waals surface area contributed by atoms with Crippen molar-refractivity contribution in [3.05, 3.63) is 29.8 Å². The topological polar surface area (TPSA) is 41.5 Å². The van der Waals surface area contributed by atoms with Crippen molar-refractivity contribution >= 4 is 0 Å². The van der Waals surface area contributed by atoms with Crippen LogP contribution in [0.15, 0.2) is 24.3 Å². The van der Waals surface area contributed by atoms with Crippen LogP contribution < -0.4 is 5.32 Å². The number of benzene rings is 1. The molecule has 0 bridgehead atoms. The molecule has 13 heavy (non-hydrogen) atoms.